The van der Waals surface area contributed by atoms with Crippen molar-refractivity contribution in [2.45, 2.75) is 52.9 Å². The average molecular weight is 1160 g/mol. The lowest BCUT2D eigenvalue weighted by atomic mass is 9.98. The second-order valence-electron chi connectivity index (χ2n) is 7.54. The van der Waals surface area contributed by atoms with Crippen LogP contribution >= 0.6 is 183 Å². The number of halogens is 11. The minimum absolute atomic E-state index is 0.379. The highest BCUT2D eigenvalue weighted by Crippen LogP contribution is 2.68. The Kier molecular flexibility index (Phi) is 15.3. The van der Waals surface area contributed by atoms with Crippen molar-refractivity contribution in [2.24, 2.45) is 10.8 Å². The Hall–Kier alpha value is 5.39. The summed E-state index contributed by atoms with van der Waals surface area (Å²) in [6.45, 7) is 7.66. The fourth-order valence-corrected chi connectivity index (χ4v) is 9.86. The normalized spacial score (nSPS) is 15.6. The third-order valence-corrected chi connectivity index (χ3v) is 16.7. The Morgan fingerprint density at radius 2 is 0.967 bits per heavy atom. The molecule has 0 atom stereocenters. The molecule has 30 heavy (non-hydrogen) atoms. The number of phosphoric ester groups is 1. The van der Waals surface area contributed by atoms with Crippen molar-refractivity contribution in [1.29, 1.82) is 0 Å². The summed E-state index contributed by atoms with van der Waals surface area (Å²) in [4.78, 5) is 0. The second-order valence-corrected chi connectivity index (χ2v) is 27.6. The number of hydrogen-bond donors (Lipinski definition) is 0. The molecule has 16 heteroatoms. The molecule has 0 aliphatic rings. The quantitative estimate of drug-likeness (QED) is 0.144. The van der Waals surface area contributed by atoms with Crippen molar-refractivity contribution in [2.75, 3.05) is 10.7 Å². The van der Waals surface area contributed by atoms with Crippen molar-refractivity contribution in [1.82, 2.24) is 0 Å². The van der Waals surface area contributed by atoms with Gasteiger partial charge in [-0.3, -0.25) is 13.6 Å². The van der Waals surface area contributed by atoms with Gasteiger partial charge >= 0.3 is 7.82 Å². The SMILES string of the molecule is CC(C)(CBr)C(Br)(Br)OP(=O)(OC(Br)(Br)CCC(Br)(Br)Br)OC(Br)(Br)C(C)(C)CBr. The lowest BCUT2D eigenvalue weighted by Crippen LogP contribution is -2.41. The molecule has 0 N–H and O–H groups in total. The first-order valence-corrected chi connectivity index (χ1v) is 18.8. The van der Waals surface area contributed by atoms with Gasteiger partial charge in [-0.1, -0.05) is 107 Å². The fourth-order valence-electron chi connectivity index (χ4n) is 1.24. The molecule has 0 unspecified atom stereocenters. The summed E-state index contributed by atoms with van der Waals surface area (Å²) in [6.07, 6.45) is 0.926. The molecule has 0 fully saturated rings. The first kappa shape index (κ1) is 35.4. The standard InChI is InChI=1S/C14H20Br11O4P/c1-9(2,7-15)13(22,23)28-30(26,29-14(24,25)10(3,4)8-16)27-12(20,21)6-5-11(17,18)19/h5-8H2,1-4H3. The van der Waals surface area contributed by atoms with E-state index in [0.29, 0.717) is 23.5 Å². The van der Waals surface area contributed by atoms with E-state index in [4.69, 9.17) is 13.6 Å². The third kappa shape index (κ3) is 11.8. The van der Waals surface area contributed by atoms with Gasteiger partial charge < -0.3 is 0 Å². The minimum Gasteiger partial charge on any atom is -0.258 e. The molecule has 0 saturated carbocycles. The molecule has 0 amide bonds. The van der Waals surface area contributed by atoms with Crippen molar-refractivity contribution in [3.63, 3.8) is 0 Å². The fraction of sp³-hybridized carbons (Fsp3) is 1.00. The zero-order chi connectivity index (χ0) is 24.4. The van der Waals surface area contributed by atoms with E-state index in [1.807, 2.05) is 27.7 Å². The van der Waals surface area contributed by atoms with E-state index in [0.717, 1.165) is 0 Å². The minimum atomic E-state index is -4.25. The maximum atomic E-state index is 14.0. The summed E-state index contributed by atoms with van der Waals surface area (Å²) in [5, 5.41) is 1.06. The van der Waals surface area contributed by atoms with Crippen molar-refractivity contribution in [3.8, 4) is 0 Å². The highest BCUT2D eigenvalue weighted by atomic mass is 80.0. The van der Waals surface area contributed by atoms with E-state index >= 15 is 0 Å². The molecular weight excluding hydrogens is 1140 g/mol. The van der Waals surface area contributed by atoms with Gasteiger partial charge in [-0.05, 0) is 102 Å². The number of alkyl halides is 11. The van der Waals surface area contributed by atoms with Gasteiger partial charge in [0.2, 0.25) is 0 Å². The average Bonchev–Trinajstić information content (AvgIpc) is 2.49. The smallest absolute Gasteiger partial charge is 0.258 e. The van der Waals surface area contributed by atoms with E-state index < -0.39 is 31.1 Å². The number of phosphoric acid groups is 1. The Morgan fingerprint density at radius 3 is 1.23 bits per heavy atom. The molecule has 182 valence electrons. The van der Waals surface area contributed by atoms with Gasteiger partial charge in [0.05, 0.1) is 0 Å². The zero-order valence-electron chi connectivity index (χ0n) is 16.1. The Morgan fingerprint density at radius 1 is 0.633 bits per heavy atom. The molecule has 0 aromatic carbocycles. The van der Waals surface area contributed by atoms with Crippen LogP contribution < -0.4 is 0 Å². The van der Waals surface area contributed by atoms with Crippen LogP contribution in [-0.2, 0) is 18.1 Å². The molecule has 0 bridgehead atoms. The van der Waals surface area contributed by atoms with Crippen LogP contribution in [-0.4, -0.2) is 23.1 Å². The van der Waals surface area contributed by atoms with Crippen LogP contribution in [0.15, 0.2) is 0 Å². The van der Waals surface area contributed by atoms with Gasteiger partial charge in [0, 0.05) is 27.9 Å². The van der Waals surface area contributed by atoms with Crippen LogP contribution in [0.25, 0.3) is 0 Å². The van der Waals surface area contributed by atoms with E-state index in [2.05, 4.69) is 175 Å². The first-order valence-electron chi connectivity index (χ1n) is 7.99. The molecule has 0 heterocycles. The van der Waals surface area contributed by atoms with Crippen LogP contribution in [0.3, 0.4) is 0 Å². The molecule has 4 nitrogen and oxygen atoms in total. The molecule has 0 spiro atoms. The second kappa shape index (κ2) is 13.0. The van der Waals surface area contributed by atoms with E-state index in [1.165, 1.54) is 0 Å². The predicted octanol–water partition coefficient (Wildman–Crippen LogP) is 11.9. The monoisotopic (exact) mass is 1150 g/mol. The Balaban J connectivity index is 6.07. The molecule has 0 aliphatic heterocycles. The van der Waals surface area contributed by atoms with Crippen LogP contribution in [0.5, 0.6) is 0 Å². The first-order chi connectivity index (χ1) is 12.9. The molecule has 0 radical (unpaired) electrons. The molecule has 0 saturated heterocycles. The highest BCUT2D eigenvalue weighted by molar-refractivity contribution is 9.39. The highest BCUT2D eigenvalue weighted by Gasteiger charge is 2.55. The van der Waals surface area contributed by atoms with E-state index in [9.17, 15) is 4.57 Å². The van der Waals surface area contributed by atoms with Crippen molar-refractivity contribution in [3.05, 3.63) is 0 Å². The van der Waals surface area contributed by atoms with E-state index in [-0.39, 0.29) is 0 Å². The van der Waals surface area contributed by atoms with Crippen molar-refractivity contribution >= 4 is 183 Å². The Labute approximate surface area is 271 Å². The number of hydrogen-bond acceptors (Lipinski definition) is 4. The predicted molar refractivity (Wildman–Crippen MR) is 167 cm³/mol. The lowest BCUT2D eigenvalue weighted by Gasteiger charge is -2.42. The third-order valence-electron chi connectivity index (χ3n) is 3.64. The van der Waals surface area contributed by atoms with Crippen molar-refractivity contribution < 1.29 is 18.1 Å². The maximum absolute atomic E-state index is 14.0. The Bertz CT molecular complexity index is 585. The molecule has 0 rings (SSSR count). The maximum Gasteiger partial charge on any atom is 0.481 e. The van der Waals surface area contributed by atoms with Gasteiger partial charge in [-0.25, -0.2) is 4.57 Å². The van der Waals surface area contributed by atoms with E-state index in [1.54, 1.807) is 0 Å². The summed E-state index contributed by atoms with van der Waals surface area (Å²) < 4.78 is 27.7. The van der Waals surface area contributed by atoms with Gasteiger partial charge in [-0.15, -0.1) is 0 Å². The molecular formula is C14H20Br11O4P. The topological polar surface area (TPSA) is 44.8 Å². The largest absolute Gasteiger partial charge is 0.481 e. The summed E-state index contributed by atoms with van der Waals surface area (Å²) in [6, 6.07) is 0. The van der Waals surface area contributed by atoms with Crippen LogP contribution in [0.2, 0.25) is 0 Å². The van der Waals surface area contributed by atoms with Gasteiger partial charge in [0.25, 0.3) is 0 Å². The summed E-state index contributed by atoms with van der Waals surface area (Å²) in [5.74, 6) is 0. The number of rotatable bonds is 12. The van der Waals surface area contributed by atoms with Gasteiger partial charge in [0.15, 0.2) is 10.3 Å². The van der Waals surface area contributed by atoms with Crippen LogP contribution in [0.4, 0.5) is 0 Å². The summed E-state index contributed by atoms with van der Waals surface area (Å²) in [7, 11) is -4.25. The van der Waals surface area contributed by atoms with Gasteiger partial charge in [-0.2, -0.15) is 0 Å². The summed E-state index contributed by atoms with van der Waals surface area (Å²) in [5.41, 5.74) is -1.08. The summed E-state index contributed by atoms with van der Waals surface area (Å²) >= 11 is 38.1. The van der Waals surface area contributed by atoms with Gasteiger partial charge in [0.1, 0.15) is 2.14 Å². The van der Waals surface area contributed by atoms with Crippen LogP contribution in [0, 0.1) is 10.8 Å². The van der Waals surface area contributed by atoms with Crippen LogP contribution in [0.1, 0.15) is 40.5 Å². The zero-order valence-corrected chi connectivity index (χ0v) is 34.4. The molecule has 0 aromatic rings. The lowest BCUT2D eigenvalue weighted by molar-refractivity contribution is 0.0250. The molecule has 0 aliphatic carbocycles. The molecule has 0 aromatic heterocycles.